The summed E-state index contributed by atoms with van der Waals surface area (Å²) in [6, 6.07) is 0. The van der Waals surface area contributed by atoms with Crippen LogP contribution in [-0.4, -0.2) is 42.5 Å². The van der Waals surface area contributed by atoms with E-state index < -0.39 is 11.9 Å². The number of guanidine groups is 1. The molecule has 1 saturated heterocycles. The zero-order valence-electron chi connectivity index (χ0n) is 13.8. The molecule has 2 aliphatic rings. The Labute approximate surface area is 144 Å². The van der Waals surface area contributed by atoms with Crippen LogP contribution in [0.15, 0.2) is 10.4 Å². The van der Waals surface area contributed by atoms with Crippen molar-refractivity contribution < 1.29 is 13.2 Å². The van der Waals surface area contributed by atoms with Crippen LogP contribution >= 0.6 is 11.3 Å². The lowest BCUT2D eigenvalue weighted by molar-refractivity contribution is -0.140. The number of fused-ring (bicyclic) bond motifs is 1. The van der Waals surface area contributed by atoms with Crippen molar-refractivity contribution in [3.8, 4) is 0 Å². The van der Waals surface area contributed by atoms with Gasteiger partial charge in [-0.05, 0) is 24.7 Å². The molecule has 0 aromatic carbocycles. The third kappa shape index (κ3) is 4.02. The summed E-state index contributed by atoms with van der Waals surface area (Å²) in [5.74, 6) is 2.40. The van der Waals surface area contributed by atoms with Crippen molar-refractivity contribution in [1.82, 2.24) is 15.2 Å². The number of rotatable bonds is 3. The molecule has 4 nitrogen and oxygen atoms in total. The molecular formula is C16H23F3N4S. The van der Waals surface area contributed by atoms with Crippen LogP contribution in [0.3, 0.4) is 0 Å². The maximum absolute atomic E-state index is 12.6. The van der Waals surface area contributed by atoms with Gasteiger partial charge < -0.3 is 10.2 Å². The van der Waals surface area contributed by atoms with Crippen LogP contribution in [0, 0.1) is 11.8 Å². The Balaban J connectivity index is 1.49. The Morgan fingerprint density at radius 3 is 2.54 bits per heavy atom. The van der Waals surface area contributed by atoms with Crippen LogP contribution in [0.4, 0.5) is 13.2 Å². The number of thiazole rings is 1. The highest BCUT2D eigenvalue weighted by Crippen LogP contribution is 2.36. The smallest absolute Gasteiger partial charge is 0.356 e. The van der Waals surface area contributed by atoms with Crippen LogP contribution < -0.4 is 5.32 Å². The van der Waals surface area contributed by atoms with E-state index >= 15 is 0 Å². The lowest BCUT2D eigenvalue weighted by Gasteiger charge is -2.22. The van der Waals surface area contributed by atoms with Gasteiger partial charge in [0.1, 0.15) is 0 Å². The molecule has 0 bridgehead atoms. The van der Waals surface area contributed by atoms with Gasteiger partial charge in [-0.15, -0.1) is 11.3 Å². The molecule has 1 aromatic heterocycles. The maximum Gasteiger partial charge on any atom is 0.434 e. The third-order valence-corrected chi connectivity index (χ3v) is 5.86. The lowest BCUT2D eigenvalue weighted by Crippen LogP contribution is -2.41. The van der Waals surface area contributed by atoms with Crippen LogP contribution in [0.2, 0.25) is 0 Å². The molecule has 2 fully saturated rings. The normalized spacial score (nSPS) is 25.0. The van der Waals surface area contributed by atoms with E-state index in [0.29, 0.717) is 18.0 Å². The molecule has 24 heavy (non-hydrogen) atoms. The van der Waals surface area contributed by atoms with Gasteiger partial charge in [0.2, 0.25) is 0 Å². The number of aliphatic imine (C=N–C) groups is 1. The van der Waals surface area contributed by atoms with Gasteiger partial charge >= 0.3 is 6.18 Å². The first kappa shape index (κ1) is 17.5. The van der Waals surface area contributed by atoms with Crippen LogP contribution in [0.25, 0.3) is 0 Å². The number of nitrogens with zero attached hydrogens (tertiary/aromatic N) is 3. The van der Waals surface area contributed by atoms with E-state index in [1.165, 1.54) is 25.7 Å². The summed E-state index contributed by atoms with van der Waals surface area (Å²) in [7, 11) is 1.76. The second-order valence-electron chi connectivity index (χ2n) is 6.56. The van der Waals surface area contributed by atoms with E-state index in [-0.39, 0.29) is 0 Å². The molecule has 3 rings (SSSR count). The van der Waals surface area contributed by atoms with Crippen molar-refractivity contribution in [2.24, 2.45) is 16.8 Å². The van der Waals surface area contributed by atoms with Gasteiger partial charge in [-0.2, -0.15) is 13.2 Å². The molecular weight excluding hydrogens is 337 g/mol. The zero-order chi connectivity index (χ0) is 17.2. The molecule has 0 amide bonds. The monoisotopic (exact) mass is 360 g/mol. The quantitative estimate of drug-likeness (QED) is 0.663. The van der Waals surface area contributed by atoms with E-state index in [1.807, 2.05) is 0 Å². The highest BCUT2D eigenvalue weighted by Gasteiger charge is 2.36. The number of hydrogen-bond donors (Lipinski definition) is 1. The highest BCUT2D eigenvalue weighted by molar-refractivity contribution is 7.09. The Hall–Kier alpha value is -1.31. The molecule has 1 aliphatic carbocycles. The summed E-state index contributed by atoms with van der Waals surface area (Å²) in [6.45, 7) is 2.63. The predicted octanol–water partition coefficient (Wildman–Crippen LogP) is 3.40. The summed E-state index contributed by atoms with van der Waals surface area (Å²) < 4.78 is 37.7. The van der Waals surface area contributed by atoms with Crippen LogP contribution in [0.5, 0.6) is 0 Å². The first-order valence-electron chi connectivity index (χ1n) is 8.44. The minimum Gasteiger partial charge on any atom is -0.356 e. The fourth-order valence-corrected chi connectivity index (χ4v) is 4.55. The number of hydrogen-bond acceptors (Lipinski definition) is 3. The Morgan fingerprint density at radius 2 is 2.00 bits per heavy atom. The number of alkyl halides is 3. The molecule has 0 radical (unpaired) electrons. The molecule has 1 aromatic rings. The van der Waals surface area contributed by atoms with Gasteiger partial charge in [0, 0.05) is 38.5 Å². The Morgan fingerprint density at radius 1 is 1.33 bits per heavy atom. The van der Waals surface area contributed by atoms with E-state index in [4.69, 9.17) is 0 Å². The van der Waals surface area contributed by atoms with Gasteiger partial charge in [-0.3, -0.25) is 4.99 Å². The minimum absolute atomic E-state index is 0.473. The van der Waals surface area contributed by atoms with Gasteiger partial charge in [-0.25, -0.2) is 4.98 Å². The predicted molar refractivity (Wildman–Crippen MR) is 89.2 cm³/mol. The van der Waals surface area contributed by atoms with E-state index in [9.17, 15) is 13.2 Å². The van der Waals surface area contributed by atoms with Gasteiger partial charge in [0.15, 0.2) is 11.7 Å². The first-order valence-corrected chi connectivity index (χ1v) is 9.32. The largest absolute Gasteiger partial charge is 0.434 e. The zero-order valence-corrected chi connectivity index (χ0v) is 14.6. The van der Waals surface area contributed by atoms with Crippen LogP contribution in [-0.2, 0) is 12.6 Å². The highest BCUT2D eigenvalue weighted by atomic mass is 32.1. The average molecular weight is 360 g/mol. The minimum atomic E-state index is -4.36. The molecule has 134 valence electrons. The van der Waals surface area contributed by atoms with Crippen molar-refractivity contribution >= 4 is 17.3 Å². The van der Waals surface area contributed by atoms with E-state index in [2.05, 4.69) is 20.2 Å². The van der Waals surface area contributed by atoms with Crippen molar-refractivity contribution in [3.63, 3.8) is 0 Å². The number of likely N-dealkylation sites (tertiary alicyclic amines) is 1. The Kier molecular flexibility index (Phi) is 5.32. The summed E-state index contributed by atoms with van der Waals surface area (Å²) in [4.78, 5) is 10.3. The average Bonchev–Trinajstić information content (AvgIpc) is 3.17. The van der Waals surface area contributed by atoms with Crippen LogP contribution in [0.1, 0.15) is 36.4 Å². The van der Waals surface area contributed by atoms with E-state index in [1.54, 1.807) is 7.05 Å². The number of nitrogens with one attached hydrogen (secondary N) is 1. The summed E-state index contributed by atoms with van der Waals surface area (Å²) >= 11 is 1.06. The SMILES string of the molecule is CN=C(NCCc1nc(C(F)(F)F)cs1)N1CC2CCCCC2C1. The standard InChI is InChI=1S/C16H23F3N4S/c1-20-15(23-8-11-4-2-3-5-12(11)9-23)21-7-6-14-22-13(10-24-14)16(17,18)19/h10-12H,2-9H2,1H3,(H,20,21). The topological polar surface area (TPSA) is 40.5 Å². The van der Waals surface area contributed by atoms with Gasteiger partial charge in [0.25, 0.3) is 0 Å². The lowest BCUT2D eigenvalue weighted by atomic mass is 9.82. The summed E-state index contributed by atoms with van der Waals surface area (Å²) in [5, 5.41) is 4.86. The molecule has 0 spiro atoms. The van der Waals surface area contributed by atoms with Gasteiger partial charge in [-0.1, -0.05) is 12.8 Å². The maximum atomic E-state index is 12.6. The van der Waals surface area contributed by atoms with Crippen molar-refractivity contribution in [2.45, 2.75) is 38.3 Å². The fourth-order valence-electron chi connectivity index (χ4n) is 3.75. The first-order chi connectivity index (χ1) is 11.5. The molecule has 2 heterocycles. The van der Waals surface area contributed by atoms with Crippen molar-refractivity contribution in [1.29, 1.82) is 0 Å². The molecule has 1 aliphatic heterocycles. The number of halogens is 3. The number of aromatic nitrogens is 1. The molecule has 2 atom stereocenters. The molecule has 1 saturated carbocycles. The second-order valence-corrected chi connectivity index (χ2v) is 7.50. The van der Waals surface area contributed by atoms with E-state index in [0.717, 1.165) is 47.6 Å². The summed E-state index contributed by atoms with van der Waals surface area (Å²) in [5.41, 5.74) is -0.796. The molecule has 2 unspecified atom stereocenters. The molecule has 1 N–H and O–H groups in total. The summed E-state index contributed by atoms with van der Waals surface area (Å²) in [6.07, 6.45) is 1.37. The Bertz CT molecular complexity index is 570. The third-order valence-electron chi connectivity index (χ3n) is 4.95. The van der Waals surface area contributed by atoms with Crippen molar-refractivity contribution in [2.75, 3.05) is 26.7 Å². The fraction of sp³-hybridized carbons (Fsp3) is 0.750. The second kappa shape index (κ2) is 7.29. The van der Waals surface area contributed by atoms with Gasteiger partial charge in [0.05, 0.1) is 5.01 Å². The van der Waals surface area contributed by atoms with Crippen molar-refractivity contribution in [3.05, 3.63) is 16.1 Å². The molecule has 8 heteroatoms.